The molecule has 2 fully saturated rings. The normalized spacial score (nSPS) is 28.6. The lowest BCUT2D eigenvalue weighted by molar-refractivity contribution is -0.153. The predicted octanol–water partition coefficient (Wildman–Crippen LogP) is -0.124. The van der Waals surface area contributed by atoms with Gasteiger partial charge in [-0.25, -0.2) is 13.2 Å². The van der Waals surface area contributed by atoms with Gasteiger partial charge in [-0.3, -0.25) is 4.79 Å². The van der Waals surface area contributed by atoms with Gasteiger partial charge in [0.15, 0.2) is 0 Å². The van der Waals surface area contributed by atoms with Crippen molar-refractivity contribution in [1.82, 2.24) is 9.21 Å². The molecule has 1 unspecified atom stereocenters. The Morgan fingerprint density at radius 2 is 1.70 bits per heavy atom. The highest BCUT2D eigenvalue weighted by atomic mass is 32.2. The molecule has 2 atom stereocenters. The lowest BCUT2D eigenvalue weighted by atomic mass is 10.0. The van der Waals surface area contributed by atoms with E-state index in [4.69, 9.17) is 0 Å². The topological polar surface area (TPSA) is 95.0 Å². The first kappa shape index (κ1) is 15.2. The minimum Gasteiger partial charge on any atom is -0.480 e. The monoisotopic (exact) mass is 304 g/mol. The van der Waals surface area contributed by atoms with Crippen LogP contribution < -0.4 is 0 Å². The zero-order valence-electron chi connectivity index (χ0n) is 11.5. The molecule has 7 nitrogen and oxygen atoms in total. The van der Waals surface area contributed by atoms with Crippen LogP contribution in [0, 0.1) is 0 Å². The molecule has 0 aliphatic carbocycles. The number of hydrogen-bond donors (Lipinski definition) is 1. The Labute approximate surface area is 118 Å². The highest BCUT2D eigenvalue weighted by molar-refractivity contribution is 7.88. The van der Waals surface area contributed by atoms with E-state index in [0.717, 1.165) is 19.1 Å². The molecule has 8 heteroatoms. The molecule has 0 radical (unpaired) electrons. The van der Waals surface area contributed by atoms with Crippen LogP contribution >= 0.6 is 0 Å². The molecule has 0 saturated carbocycles. The van der Waals surface area contributed by atoms with Gasteiger partial charge in [0.1, 0.15) is 12.1 Å². The molecular weight excluding hydrogens is 284 g/mol. The quantitative estimate of drug-likeness (QED) is 0.784. The summed E-state index contributed by atoms with van der Waals surface area (Å²) in [5.41, 5.74) is 0. The lowest BCUT2D eigenvalue weighted by Crippen LogP contribution is -2.54. The van der Waals surface area contributed by atoms with E-state index < -0.39 is 28.1 Å². The Morgan fingerprint density at radius 1 is 1.05 bits per heavy atom. The summed E-state index contributed by atoms with van der Waals surface area (Å²) >= 11 is 0. The highest BCUT2D eigenvalue weighted by Gasteiger charge is 2.42. The van der Waals surface area contributed by atoms with E-state index in [1.165, 1.54) is 9.21 Å². The van der Waals surface area contributed by atoms with Crippen LogP contribution in [-0.2, 0) is 19.6 Å². The standard InChI is InChI=1S/C12H20N2O5S/c1-20(18,19)14-8-4-6-9(14)11(15)13-7-3-2-5-10(13)12(16)17/h9-10H,2-8H2,1H3,(H,16,17)/t9?,10-/m0/s1. The minimum absolute atomic E-state index is 0.334. The number of carbonyl (C=O) groups is 2. The minimum atomic E-state index is -3.43. The molecule has 2 saturated heterocycles. The molecule has 2 aliphatic rings. The Balaban J connectivity index is 2.19. The van der Waals surface area contributed by atoms with Gasteiger partial charge in [0.05, 0.1) is 6.26 Å². The zero-order chi connectivity index (χ0) is 14.9. The zero-order valence-corrected chi connectivity index (χ0v) is 12.3. The first-order valence-electron chi connectivity index (χ1n) is 6.82. The number of carboxylic acid groups (broad SMARTS) is 1. The highest BCUT2D eigenvalue weighted by Crippen LogP contribution is 2.26. The smallest absolute Gasteiger partial charge is 0.326 e. The fourth-order valence-electron chi connectivity index (χ4n) is 3.03. The number of aliphatic carboxylic acids is 1. The second-order valence-corrected chi connectivity index (χ2v) is 7.35. The number of hydrogen-bond acceptors (Lipinski definition) is 4. The van der Waals surface area contributed by atoms with Gasteiger partial charge in [-0.15, -0.1) is 0 Å². The summed E-state index contributed by atoms with van der Waals surface area (Å²) in [6.45, 7) is 0.727. The molecule has 114 valence electrons. The number of piperidine rings is 1. The van der Waals surface area contributed by atoms with E-state index in [-0.39, 0.29) is 5.91 Å². The first-order chi connectivity index (χ1) is 9.32. The molecule has 0 spiro atoms. The van der Waals surface area contributed by atoms with Crippen molar-refractivity contribution in [3.8, 4) is 0 Å². The Kier molecular flexibility index (Phi) is 4.33. The predicted molar refractivity (Wildman–Crippen MR) is 71.6 cm³/mol. The van der Waals surface area contributed by atoms with Crippen molar-refractivity contribution in [3.63, 3.8) is 0 Å². The fourth-order valence-corrected chi connectivity index (χ4v) is 4.15. The number of amides is 1. The van der Waals surface area contributed by atoms with E-state index >= 15 is 0 Å². The van der Waals surface area contributed by atoms with Gasteiger partial charge in [0.2, 0.25) is 15.9 Å². The van der Waals surface area contributed by atoms with E-state index in [0.29, 0.717) is 32.4 Å². The molecule has 20 heavy (non-hydrogen) atoms. The van der Waals surface area contributed by atoms with Crippen molar-refractivity contribution in [2.75, 3.05) is 19.3 Å². The summed E-state index contributed by atoms with van der Waals surface area (Å²) in [7, 11) is -3.43. The molecular formula is C12H20N2O5S. The van der Waals surface area contributed by atoms with Crippen molar-refractivity contribution in [3.05, 3.63) is 0 Å². The van der Waals surface area contributed by atoms with E-state index in [2.05, 4.69) is 0 Å². The maximum Gasteiger partial charge on any atom is 0.326 e. The summed E-state index contributed by atoms with van der Waals surface area (Å²) in [6, 6.07) is -1.55. The second kappa shape index (κ2) is 5.69. The van der Waals surface area contributed by atoms with E-state index in [9.17, 15) is 23.1 Å². The Hall–Kier alpha value is -1.15. The molecule has 0 aromatic rings. The average molecular weight is 304 g/mol. The summed E-state index contributed by atoms with van der Waals surface area (Å²) in [5.74, 6) is -1.37. The summed E-state index contributed by atoms with van der Waals surface area (Å²) < 4.78 is 24.6. The molecule has 0 bridgehead atoms. The number of nitrogens with zero attached hydrogens (tertiary/aromatic N) is 2. The van der Waals surface area contributed by atoms with Gasteiger partial charge in [0.25, 0.3) is 0 Å². The van der Waals surface area contributed by atoms with E-state index in [1.54, 1.807) is 0 Å². The number of rotatable bonds is 3. The summed E-state index contributed by atoms with van der Waals surface area (Å²) in [4.78, 5) is 25.1. The largest absolute Gasteiger partial charge is 0.480 e. The maximum atomic E-state index is 12.5. The van der Waals surface area contributed by atoms with Crippen LogP contribution in [0.15, 0.2) is 0 Å². The van der Waals surface area contributed by atoms with Crippen molar-refractivity contribution < 1.29 is 23.1 Å². The molecule has 0 aromatic heterocycles. The number of likely N-dealkylation sites (tertiary alicyclic amines) is 1. The molecule has 1 amide bonds. The molecule has 2 aliphatic heterocycles. The van der Waals surface area contributed by atoms with Crippen LogP contribution in [-0.4, -0.2) is 66.0 Å². The summed E-state index contributed by atoms with van der Waals surface area (Å²) in [6.07, 6.45) is 4.17. The molecule has 1 N–H and O–H groups in total. The number of carbonyl (C=O) groups excluding carboxylic acids is 1. The van der Waals surface area contributed by atoms with Gasteiger partial charge < -0.3 is 10.0 Å². The van der Waals surface area contributed by atoms with Crippen LogP contribution in [0.1, 0.15) is 32.1 Å². The van der Waals surface area contributed by atoms with Crippen molar-refractivity contribution >= 4 is 21.9 Å². The van der Waals surface area contributed by atoms with Crippen LogP contribution in [0.4, 0.5) is 0 Å². The first-order valence-corrected chi connectivity index (χ1v) is 8.67. The average Bonchev–Trinajstić information content (AvgIpc) is 2.87. The molecule has 0 aromatic carbocycles. The van der Waals surface area contributed by atoms with Gasteiger partial charge in [-0.2, -0.15) is 4.31 Å². The lowest BCUT2D eigenvalue weighted by Gasteiger charge is -2.36. The van der Waals surface area contributed by atoms with Crippen molar-refractivity contribution in [1.29, 1.82) is 0 Å². The Morgan fingerprint density at radius 3 is 2.30 bits per heavy atom. The number of carboxylic acids is 1. The van der Waals surface area contributed by atoms with Crippen LogP contribution in [0.5, 0.6) is 0 Å². The van der Waals surface area contributed by atoms with Gasteiger partial charge in [-0.1, -0.05) is 0 Å². The van der Waals surface area contributed by atoms with E-state index in [1.807, 2.05) is 0 Å². The molecule has 2 rings (SSSR count). The fraction of sp³-hybridized carbons (Fsp3) is 0.833. The van der Waals surface area contributed by atoms with Crippen LogP contribution in [0.2, 0.25) is 0 Å². The SMILES string of the molecule is CS(=O)(=O)N1CCCC1C(=O)N1CCCC[C@H]1C(=O)O. The summed E-state index contributed by atoms with van der Waals surface area (Å²) in [5, 5.41) is 9.20. The third-order valence-electron chi connectivity index (χ3n) is 3.99. The van der Waals surface area contributed by atoms with Crippen molar-refractivity contribution in [2.24, 2.45) is 0 Å². The van der Waals surface area contributed by atoms with Crippen LogP contribution in [0.25, 0.3) is 0 Å². The molecule has 2 heterocycles. The maximum absolute atomic E-state index is 12.5. The van der Waals surface area contributed by atoms with Crippen LogP contribution in [0.3, 0.4) is 0 Å². The third-order valence-corrected chi connectivity index (χ3v) is 5.27. The van der Waals surface area contributed by atoms with Gasteiger partial charge >= 0.3 is 5.97 Å². The number of sulfonamides is 1. The Bertz CT molecular complexity index is 504. The van der Waals surface area contributed by atoms with Gasteiger partial charge in [0, 0.05) is 13.1 Å². The van der Waals surface area contributed by atoms with Gasteiger partial charge in [-0.05, 0) is 32.1 Å². The van der Waals surface area contributed by atoms with Crippen molar-refractivity contribution in [2.45, 2.75) is 44.2 Å². The third kappa shape index (κ3) is 2.95. The second-order valence-electron chi connectivity index (χ2n) is 5.41.